The van der Waals surface area contributed by atoms with E-state index >= 15 is 0 Å². The number of aromatic nitrogens is 3. The molecule has 3 aromatic rings. The van der Waals surface area contributed by atoms with Crippen molar-refractivity contribution in [3.8, 4) is 11.4 Å². The maximum atomic E-state index is 12.3. The molecule has 0 bridgehead atoms. The van der Waals surface area contributed by atoms with Crippen molar-refractivity contribution < 1.29 is 14.6 Å². The van der Waals surface area contributed by atoms with E-state index in [1.54, 1.807) is 28.8 Å². The number of hydrogen-bond donors (Lipinski definition) is 1. The van der Waals surface area contributed by atoms with Crippen LogP contribution in [0.5, 0.6) is 0 Å². The predicted octanol–water partition coefficient (Wildman–Crippen LogP) is 3.68. The predicted molar refractivity (Wildman–Crippen MR) is 115 cm³/mol. The van der Waals surface area contributed by atoms with Crippen LogP contribution in [0.1, 0.15) is 0 Å². The third kappa shape index (κ3) is 5.30. The van der Waals surface area contributed by atoms with E-state index in [0.29, 0.717) is 28.8 Å². The van der Waals surface area contributed by atoms with Gasteiger partial charge in [0.25, 0.3) is 11.4 Å². The van der Waals surface area contributed by atoms with Crippen molar-refractivity contribution in [3.63, 3.8) is 0 Å². The van der Waals surface area contributed by atoms with Crippen molar-refractivity contribution in [3.05, 3.63) is 81.4 Å². The Morgan fingerprint density at radius 2 is 1.81 bits per heavy atom. The fourth-order valence-electron chi connectivity index (χ4n) is 2.66. The molecule has 1 heterocycles. The molecule has 1 N–H and O–H groups in total. The normalized spacial score (nSPS) is 10.5. The van der Waals surface area contributed by atoms with Crippen molar-refractivity contribution >= 4 is 34.7 Å². The molecule has 0 radical (unpaired) electrons. The monoisotopic (exact) mass is 440 g/mol. The minimum Gasteiger partial charge on any atom is -0.325 e. The Hall–Kier alpha value is -4.06. The summed E-state index contributed by atoms with van der Waals surface area (Å²) < 4.78 is 1.74. The van der Waals surface area contributed by atoms with Crippen molar-refractivity contribution in [2.24, 2.45) is 0 Å². The first-order valence-electron chi connectivity index (χ1n) is 8.85. The molecule has 0 aliphatic heterocycles. The van der Waals surface area contributed by atoms with Gasteiger partial charge in [-0.15, -0.1) is 16.8 Å². The molecule has 1 amide bonds. The van der Waals surface area contributed by atoms with Crippen molar-refractivity contribution in [2.75, 3.05) is 11.1 Å². The number of amides is 1. The first-order chi connectivity index (χ1) is 14.9. The van der Waals surface area contributed by atoms with Gasteiger partial charge in [-0.3, -0.25) is 29.6 Å². The number of non-ortho nitro benzene ring substituents is 2. The standard InChI is InChI=1S/C19H16N6O5S/c1-2-10-23-18(13-6-8-15(9-7-13)24(27)28)21-22-19(23)31-12-17(26)20-14-4-3-5-16(11-14)25(29)30/h2-9,11H,1,10,12H2,(H,20,26). The quantitative estimate of drug-likeness (QED) is 0.229. The van der Waals surface area contributed by atoms with E-state index in [1.165, 1.54) is 30.3 Å². The van der Waals surface area contributed by atoms with Crippen LogP contribution in [0.4, 0.5) is 17.1 Å². The molecule has 1 aromatic heterocycles. The minimum atomic E-state index is -0.540. The lowest BCUT2D eigenvalue weighted by Gasteiger charge is -2.08. The highest BCUT2D eigenvalue weighted by molar-refractivity contribution is 7.99. The Morgan fingerprint density at radius 3 is 2.45 bits per heavy atom. The first kappa shape index (κ1) is 21.6. The number of allylic oxidation sites excluding steroid dienone is 1. The maximum absolute atomic E-state index is 12.3. The molecule has 0 spiro atoms. The number of nitrogens with one attached hydrogen (secondary N) is 1. The summed E-state index contributed by atoms with van der Waals surface area (Å²) in [6, 6.07) is 11.6. The highest BCUT2D eigenvalue weighted by Crippen LogP contribution is 2.26. The van der Waals surface area contributed by atoms with E-state index in [2.05, 4.69) is 22.1 Å². The molecule has 0 unspecified atom stereocenters. The summed E-state index contributed by atoms with van der Waals surface area (Å²) >= 11 is 1.14. The van der Waals surface area contributed by atoms with Crippen LogP contribution in [0, 0.1) is 20.2 Å². The van der Waals surface area contributed by atoms with E-state index in [0.717, 1.165) is 11.8 Å². The molecule has 3 rings (SSSR count). The van der Waals surface area contributed by atoms with E-state index in [9.17, 15) is 25.0 Å². The van der Waals surface area contributed by atoms with Gasteiger partial charge in [-0.2, -0.15) is 0 Å². The van der Waals surface area contributed by atoms with Crippen LogP contribution in [0.2, 0.25) is 0 Å². The smallest absolute Gasteiger partial charge is 0.271 e. The van der Waals surface area contributed by atoms with Crippen LogP contribution in [0.15, 0.2) is 66.3 Å². The lowest BCUT2D eigenvalue weighted by atomic mass is 10.2. The maximum Gasteiger partial charge on any atom is 0.271 e. The average Bonchev–Trinajstić information content (AvgIpc) is 3.15. The summed E-state index contributed by atoms with van der Waals surface area (Å²) in [6.45, 7) is 4.08. The molecule has 11 nitrogen and oxygen atoms in total. The van der Waals surface area contributed by atoms with Gasteiger partial charge in [-0.05, 0) is 18.2 Å². The summed E-state index contributed by atoms with van der Waals surface area (Å²) in [5, 5.41) is 33.0. The highest BCUT2D eigenvalue weighted by Gasteiger charge is 2.16. The largest absolute Gasteiger partial charge is 0.325 e. The third-order valence-electron chi connectivity index (χ3n) is 4.04. The molecule has 2 aromatic carbocycles. The van der Waals surface area contributed by atoms with Crippen LogP contribution in [-0.4, -0.2) is 36.3 Å². The van der Waals surface area contributed by atoms with Crippen molar-refractivity contribution in [2.45, 2.75) is 11.7 Å². The van der Waals surface area contributed by atoms with Gasteiger partial charge in [0.15, 0.2) is 11.0 Å². The van der Waals surface area contributed by atoms with E-state index in [-0.39, 0.29) is 23.0 Å². The van der Waals surface area contributed by atoms with Crippen molar-refractivity contribution in [1.29, 1.82) is 0 Å². The van der Waals surface area contributed by atoms with Crippen molar-refractivity contribution in [1.82, 2.24) is 14.8 Å². The number of anilines is 1. The second-order valence-corrected chi connectivity index (χ2v) is 7.10. The van der Waals surface area contributed by atoms with E-state index in [4.69, 9.17) is 0 Å². The number of rotatable bonds is 9. The third-order valence-corrected chi connectivity index (χ3v) is 5.00. The summed E-state index contributed by atoms with van der Waals surface area (Å²) in [7, 11) is 0. The second-order valence-electron chi connectivity index (χ2n) is 6.15. The van der Waals surface area contributed by atoms with Crippen LogP contribution in [0.25, 0.3) is 11.4 Å². The zero-order chi connectivity index (χ0) is 22.4. The molecule has 12 heteroatoms. The zero-order valence-corrected chi connectivity index (χ0v) is 16.8. The van der Waals surface area contributed by atoms with Crippen LogP contribution in [0.3, 0.4) is 0 Å². The fourth-order valence-corrected chi connectivity index (χ4v) is 3.41. The zero-order valence-electron chi connectivity index (χ0n) is 16.0. The molecular formula is C19H16N6O5S. The van der Waals surface area contributed by atoms with Crippen LogP contribution >= 0.6 is 11.8 Å². The van der Waals surface area contributed by atoms with Gasteiger partial charge in [-0.1, -0.05) is 23.9 Å². The molecule has 31 heavy (non-hydrogen) atoms. The SMILES string of the molecule is C=CCn1c(SCC(=O)Nc2cccc([N+](=O)[O-])c2)nnc1-c1ccc([N+](=O)[O-])cc1. The van der Waals surface area contributed by atoms with Gasteiger partial charge >= 0.3 is 0 Å². The van der Waals surface area contributed by atoms with Gasteiger partial charge in [0.1, 0.15) is 0 Å². The summed E-state index contributed by atoms with van der Waals surface area (Å²) in [4.78, 5) is 32.9. The molecule has 0 aliphatic carbocycles. The average molecular weight is 440 g/mol. The molecular weight excluding hydrogens is 424 g/mol. The van der Waals surface area contributed by atoms with Gasteiger partial charge in [0, 0.05) is 42.1 Å². The lowest BCUT2D eigenvalue weighted by Crippen LogP contribution is -2.14. The number of nitro benzene ring substituents is 2. The van der Waals surface area contributed by atoms with E-state index < -0.39 is 9.85 Å². The first-order valence-corrected chi connectivity index (χ1v) is 9.83. The molecule has 0 saturated heterocycles. The molecule has 0 fully saturated rings. The lowest BCUT2D eigenvalue weighted by molar-refractivity contribution is -0.385. The number of benzene rings is 2. The summed E-state index contributed by atoms with van der Waals surface area (Å²) in [5.74, 6) is 0.116. The minimum absolute atomic E-state index is 0.00176. The number of carbonyl (C=O) groups is 1. The second kappa shape index (κ2) is 9.63. The fraction of sp³-hybridized carbons (Fsp3) is 0.105. The number of nitro groups is 2. The Kier molecular flexibility index (Phi) is 6.72. The summed E-state index contributed by atoms with van der Waals surface area (Å²) in [5.41, 5.74) is 0.793. The Labute approximate surface area is 180 Å². The Bertz CT molecular complexity index is 1140. The van der Waals surface area contributed by atoms with E-state index in [1.807, 2.05) is 0 Å². The Balaban J connectivity index is 1.72. The number of carbonyl (C=O) groups excluding carboxylic acids is 1. The number of thioether (sulfide) groups is 1. The number of hydrogen-bond acceptors (Lipinski definition) is 8. The molecule has 0 aliphatic rings. The molecule has 0 saturated carbocycles. The molecule has 158 valence electrons. The Morgan fingerprint density at radius 1 is 1.10 bits per heavy atom. The van der Waals surface area contributed by atoms with Gasteiger partial charge in [-0.25, -0.2) is 0 Å². The molecule has 0 atom stereocenters. The number of nitrogens with zero attached hydrogens (tertiary/aromatic N) is 5. The topological polar surface area (TPSA) is 146 Å². The van der Waals surface area contributed by atoms with Gasteiger partial charge in [0.05, 0.1) is 15.6 Å². The van der Waals surface area contributed by atoms with Gasteiger partial charge in [0.2, 0.25) is 5.91 Å². The summed E-state index contributed by atoms with van der Waals surface area (Å²) in [6.07, 6.45) is 1.64. The van der Waals surface area contributed by atoms with Crippen LogP contribution in [-0.2, 0) is 11.3 Å². The van der Waals surface area contributed by atoms with Gasteiger partial charge < -0.3 is 5.32 Å². The van der Waals surface area contributed by atoms with Crippen LogP contribution < -0.4 is 5.32 Å². The highest BCUT2D eigenvalue weighted by atomic mass is 32.2.